The second kappa shape index (κ2) is 4.08. The summed E-state index contributed by atoms with van der Waals surface area (Å²) in [7, 11) is 0. The van der Waals surface area contributed by atoms with Crippen LogP contribution in [-0.2, 0) is 4.79 Å². The van der Waals surface area contributed by atoms with Gasteiger partial charge in [-0.05, 0) is 17.7 Å². The number of aromatic hydroxyl groups is 1. The monoisotopic (exact) mass is 198 g/mol. The Morgan fingerprint density at radius 3 is 2.07 bits per heavy atom. The molecule has 0 aliphatic rings. The Hall–Kier alpha value is -1.59. The third-order valence-electron chi connectivity index (χ3n) is 1.79. The SMILES string of the molecule is O=C(O)C(O)C(O)c1ccc(O)cc1. The van der Waals surface area contributed by atoms with Gasteiger partial charge in [-0.25, -0.2) is 4.79 Å². The molecular weight excluding hydrogens is 188 g/mol. The van der Waals surface area contributed by atoms with E-state index in [4.69, 9.17) is 15.3 Å². The standard InChI is InChI=1S/C9H10O5/c10-6-3-1-5(2-4-6)7(11)8(12)9(13)14/h1-4,7-8,10-12H,(H,13,14). The van der Waals surface area contributed by atoms with Crippen LogP contribution in [-0.4, -0.2) is 32.5 Å². The van der Waals surface area contributed by atoms with Crippen molar-refractivity contribution in [3.05, 3.63) is 29.8 Å². The number of phenols is 1. The van der Waals surface area contributed by atoms with Crippen molar-refractivity contribution in [2.45, 2.75) is 12.2 Å². The van der Waals surface area contributed by atoms with Gasteiger partial charge in [0, 0.05) is 0 Å². The van der Waals surface area contributed by atoms with Gasteiger partial charge in [-0.15, -0.1) is 0 Å². The number of carboxylic acids is 1. The van der Waals surface area contributed by atoms with E-state index in [0.717, 1.165) is 0 Å². The second-order valence-corrected chi connectivity index (χ2v) is 2.82. The number of hydrogen-bond acceptors (Lipinski definition) is 4. The summed E-state index contributed by atoms with van der Waals surface area (Å²) in [6, 6.07) is 5.28. The summed E-state index contributed by atoms with van der Waals surface area (Å²) in [5, 5.41) is 35.7. The Morgan fingerprint density at radius 1 is 1.14 bits per heavy atom. The van der Waals surface area contributed by atoms with Crippen LogP contribution in [0.1, 0.15) is 11.7 Å². The zero-order valence-electron chi connectivity index (χ0n) is 7.16. The molecule has 0 saturated carbocycles. The zero-order chi connectivity index (χ0) is 10.7. The van der Waals surface area contributed by atoms with Crippen LogP contribution in [0.5, 0.6) is 5.75 Å². The average Bonchev–Trinajstić information content (AvgIpc) is 2.16. The molecule has 4 N–H and O–H groups in total. The van der Waals surface area contributed by atoms with E-state index in [1.54, 1.807) is 0 Å². The van der Waals surface area contributed by atoms with Crippen LogP contribution < -0.4 is 0 Å². The van der Waals surface area contributed by atoms with Crippen LogP contribution in [0.2, 0.25) is 0 Å². The van der Waals surface area contributed by atoms with Gasteiger partial charge in [0.05, 0.1) is 0 Å². The number of carbonyl (C=O) groups is 1. The minimum Gasteiger partial charge on any atom is -0.508 e. The molecule has 0 saturated heterocycles. The highest BCUT2D eigenvalue weighted by Crippen LogP contribution is 2.19. The predicted octanol–water partition coefficient (Wildman–Crippen LogP) is -0.129. The van der Waals surface area contributed by atoms with Crippen molar-refractivity contribution in [2.24, 2.45) is 0 Å². The summed E-state index contributed by atoms with van der Waals surface area (Å²) in [5.41, 5.74) is 0.234. The lowest BCUT2D eigenvalue weighted by Crippen LogP contribution is -2.27. The summed E-state index contributed by atoms with van der Waals surface area (Å²) >= 11 is 0. The highest BCUT2D eigenvalue weighted by molar-refractivity contribution is 5.73. The van der Waals surface area contributed by atoms with Crippen LogP contribution in [0.25, 0.3) is 0 Å². The van der Waals surface area contributed by atoms with Gasteiger partial charge in [0.1, 0.15) is 11.9 Å². The molecule has 0 aliphatic heterocycles. The Morgan fingerprint density at radius 2 is 1.64 bits per heavy atom. The molecule has 0 bridgehead atoms. The Balaban J connectivity index is 2.84. The number of benzene rings is 1. The van der Waals surface area contributed by atoms with Crippen LogP contribution >= 0.6 is 0 Å². The molecule has 5 nitrogen and oxygen atoms in total. The number of aliphatic hydroxyl groups excluding tert-OH is 2. The number of carboxylic acid groups (broad SMARTS) is 1. The van der Waals surface area contributed by atoms with Crippen LogP contribution in [0.15, 0.2) is 24.3 Å². The number of aliphatic hydroxyl groups is 2. The minimum atomic E-state index is -1.86. The van der Waals surface area contributed by atoms with E-state index in [2.05, 4.69) is 0 Å². The molecule has 1 aromatic rings. The minimum absolute atomic E-state index is 0.00534. The molecule has 0 aliphatic carbocycles. The van der Waals surface area contributed by atoms with Crippen molar-refractivity contribution in [3.63, 3.8) is 0 Å². The third-order valence-corrected chi connectivity index (χ3v) is 1.79. The van der Waals surface area contributed by atoms with Crippen molar-refractivity contribution < 1.29 is 25.2 Å². The molecule has 0 spiro atoms. The zero-order valence-corrected chi connectivity index (χ0v) is 7.16. The second-order valence-electron chi connectivity index (χ2n) is 2.82. The van der Waals surface area contributed by atoms with Crippen molar-refractivity contribution >= 4 is 5.97 Å². The maximum absolute atomic E-state index is 10.3. The molecule has 76 valence electrons. The van der Waals surface area contributed by atoms with Crippen LogP contribution in [0.4, 0.5) is 0 Å². The molecule has 2 atom stereocenters. The van der Waals surface area contributed by atoms with Crippen LogP contribution in [0.3, 0.4) is 0 Å². The molecule has 0 aromatic heterocycles. The van der Waals surface area contributed by atoms with Crippen molar-refractivity contribution in [2.75, 3.05) is 0 Å². The van der Waals surface area contributed by atoms with E-state index in [1.807, 2.05) is 0 Å². The van der Waals surface area contributed by atoms with Crippen molar-refractivity contribution in [1.29, 1.82) is 0 Å². The van der Waals surface area contributed by atoms with Gasteiger partial charge < -0.3 is 20.4 Å². The first-order valence-electron chi connectivity index (χ1n) is 3.90. The van der Waals surface area contributed by atoms with Crippen molar-refractivity contribution in [3.8, 4) is 5.75 Å². The molecule has 5 heteroatoms. The summed E-state index contributed by atoms with van der Waals surface area (Å²) in [4.78, 5) is 10.3. The number of aliphatic carboxylic acids is 1. The smallest absolute Gasteiger partial charge is 0.335 e. The molecule has 0 amide bonds. The third kappa shape index (κ3) is 2.21. The van der Waals surface area contributed by atoms with Gasteiger partial charge in [-0.3, -0.25) is 0 Å². The molecular formula is C9H10O5. The topological polar surface area (TPSA) is 98.0 Å². The number of hydrogen-bond donors (Lipinski definition) is 4. The van der Waals surface area contributed by atoms with Gasteiger partial charge in [0.2, 0.25) is 0 Å². The van der Waals surface area contributed by atoms with Gasteiger partial charge >= 0.3 is 5.97 Å². The van der Waals surface area contributed by atoms with E-state index in [0.29, 0.717) is 0 Å². The van der Waals surface area contributed by atoms with E-state index < -0.39 is 18.2 Å². The van der Waals surface area contributed by atoms with Gasteiger partial charge in [0.15, 0.2) is 6.10 Å². The lowest BCUT2D eigenvalue weighted by molar-refractivity contribution is -0.153. The first kappa shape index (κ1) is 10.5. The van der Waals surface area contributed by atoms with E-state index in [-0.39, 0.29) is 11.3 Å². The van der Waals surface area contributed by atoms with E-state index >= 15 is 0 Å². The first-order chi connectivity index (χ1) is 6.52. The van der Waals surface area contributed by atoms with Gasteiger partial charge in [0.25, 0.3) is 0 Å². The molecule has 0 heterocycles. The molecule has 0 fully saturated rings. The number of rotatable bonds is 3. The Kier molecular flexibility index (Phi) is 3.06. The van der Waals surface area contributed by atoms with Gasteiger partial charge in [-0.1, -0.05) is 12.1 Å². The number of phenolic OH excluding ortho intramolecular Hbond substituents is 1. The fraction of sp³-hybridized carbons (Fsp3) is 0.222. The Bertz CT molecular complexity index is 318. The molecule has 14 heavy (non-hydrogen) atoms. The average molecular weight is 198 g/mol. The largest absolute Gasteiger partial charge is 0.508 e. The quantitative estimate of drug-likeness (QED) is 0.542. The first-order valence-corrected chi connectivity index (χ1v) is 3.90. The molecule has 1 rings (SSSR count). The predicted molar refractivity (Wildman–Crippen MR) is 46.7 cm³/mol. The normalized spacial score (nSPS) is 14.7. The van der Waals surface area contributed by atoms with E-state index in [1.165, 1.54) is 24.3 Å². The van der Waals surface area contributed by atoms with Crippen LogP contribution in [0, 0.1) is 0 Å². The Labute approximate surface area is 79.9 Å². The lowest BCUT2D eigenvalue weighted by Gasteiger charge is -2.13. The highest BCUT2D eigenvalue weighted by Gasteiger charge is 2.24. The highest BCUT2D eigenvalue weighted by atomic mass is 16.4. The fourth-order valence-corrected chi connectivity index (χ4v) is 0.989. The van der Waals surface area contributed by atoms with Crippen molar-refractivity contribution in [1.82, 2.24) is 0 Å². The summed E-state index contributed by atoms with van der Waals surface area (Å²) < 4.78 is 0. The maximum Gasteiger partial charge on any atom is 0.335 e. The molecule has 2 unspecified atom stereocenters. The lowest BCUT2D eigenvalue weighted by atomic mass is 10.0. The molecule has 1 aromatic carbocycles. The maximum atomic E-state index is 10.3. The van der Waals surface area contributed by atoms with Gasteiger partial charge in [-0.2, -0.15) is 0 Å². The summed E-state index contributed by atoms with van der Waals surface area (Å²) in [5.74, 6) is -1.49. The molecule has 0 radical (unpaired) electrons. The summed E-state index contributed by atoms with van der Waals surface area (Å²) in [6.45, 7) is 0. The summed E-state index contributed by atoms with van der Waals surface area (Å²) in [6.07, 6.45) is -3.35. The van der Waals surface area contributed by atoms with E-state index in [9.17, 15) is 9.90 Å². The fourth-order valence-electron chi connectivity index (χ4n) is 0.989.